The molecule has 1 N–H and O–H groups in total. The van der Waals surface area contributed by atoms with Crippen molar-refractivity contribution in [3.05, 3.63) is 12.2 Å². The van der Waals surface area contributed by atoms with Crippen molar-refractivity contribution in [3.8, 4) is 0 Å². The quantitative estimate of drug-likeness (QED) is 0.848. The molecule has 17 heavy (non-hydrogen) atoms. The first-order valence-electron chi connectivity index (χ1n) is 6.78. The highest BCUT2D eigenvalue weighted by atomic mass is 15.3. The SMILES string of the molecule is CCn1ncnc1CC(NC)C1CCC(C)C1. The third-order valence-electron chi connectivity index (χ3n) is 4.07. The van der Waals surface area contributed by atoms with Gasteiger partial charge in [-0.2, -0.15) is 5.10 Å². The van der Waals surface area contributed by atoms with Crippen molar-refractivity contribution >= 4 is 0 Å². The van der Waals surface area contributed by atoms with E-state index in [1.165, 1.54) is 19.3 Å². The fraction of sp³-hybridized carbons (Fsp3) is 0.846. The zero-order chi connectivity index (χ0) is 12.3. The molecule has 0 spiro atoms. The van der Waals surface area contributed by atoms with Crippen LogP contribution in [0.1, 0.15) is 38.9 Å². The Hall–Kier alpha value is -0.900. The summed E-state index contributed by atoms with van der Waals surface area (Å²) in [6.45, 7) is 5.39. The van der Waals surface area contributed by atoms with E-state index in [1.54, 1.807) is 6.33 Å². The second-order valence-electron chi connectivity index (χ2n) is 5.27. The highest BCUT2D eigenvalue weighted by molar-refractivity contribution is 4.93. The lowest BCUT2D eigenvalue weighted by atomic mass is 9.94. The Morgan fingerprint density at radius 1 is 1.53 bits per heavy atom. The van der Waals surface area contributed by atoms with E-state index >= 15 is 0 Å². The zero-order valence-electron chi connectivity index (χ0n) is 11.2. The van der Waals surface area contributed by atoms with Gasteiger partial charge in [-0.25, -0.2) is 4.98 Å². The van der Waals surface area contributed by atoms with Gasteiger partial charge in [0.25, 0.3) is 0 Å². The molecule has 1 fully saturated rings. The van der Waals surface area contributed by atoms with Crippen molar-refractivity contribution in [1.82, 2.24) is 20.1 Å². The predicted octanol–water partition coefficient (Wildman–Crippen LogP) is 1.86. The Morgan fingerprint density at radius 2 is 2.35 bits per heavy atom. The van der Waals surface area contributed by atoms with Gasteiger partial charge in [0.2, 0.25) is 0 Å². The first kappa shape index (κ1) is 12.6. The van der Waals surface area contributed by atoms with Gasteiger partial charge in [0.05, 0.1) is 0 Å². The molecule has 1 aliphatic rings. The van der Waals surface area contributed by atoms with Crippen LogP contribution in [-0.4, -0.2) is 27.9 Å². The van der Waals surface area contributed by atoms with Crippen LogP contribution in [0.25, 0.3) is 0 Å². The van der Waals surface area contributed by atoms with E-state index in [1.807, 2.05) is 4.68 Å². The van der Waals surface area contributed by atoms with E-state index in [-0.39, 0.29) is 0 Å². The molecule has 1 aromatic heterocycles. The molecule has 1 heterocycles. The van der Waals surface area contributed by atoms with Gasteiger partial charge in [0.1, 0.15) is 12.2 Å². The van der Waals surface area contributed by atoms with E-state index in [4.69, 9.17) is 0 Å². The van der Waals surface area contributed by atoms with Crippen LogP contribution in [0.5, 0.6) is 0 Å². The van der Waals surface area contributed by atoms with Gasteiger partial charge < -0.3 is 5.32 Å². The number of hydrogen-bond donors (Lipinski definition) is 1. The maximum atomic E-state index is 4.38. The molecule has 1 aromatic rings. The second-order valence-corrected chi connectivity index (χ2v) is 5.27. The highest BCUT2D eigenvalue weighted by Gasteiger charge is 2.28. The number of nitrogens with zero attached hydrogens (tertiary/aromatic N) is 3. The van der Waals surface area contributed by atoms with Crippen LogP contribution in [0.4, 0.5) is 0 Å². The maximum absolute atomic E-state index is 4.38. The molecule has 96 valence electrons. The van der Waals surface area contributed by atoms with Crippen molar-refractivity contribution in [2.45, 2.75) is 52.1 Å². The fourth-order valence-electron chi connectivity index (χ4n) is 3.03. The van der Waals surface area contributed by atoms with Crippen molar-refractivity contribution < 1.29 is 0 Å². The molecule has 0 amide bonds. The van der Waals surface area contributed by atoms with E-state index in [2.05, 4.69) is 36.3 Å². The topological polar surface area (TPSA) is 42.7 Å². The third kappa shape index (κ3) is 2.86. The van der Waals surface area contributed by atoms with Crippen LogP contribution in [0.15, 0.2) is 6.33 Å². The van der Waals surface area contributed by atoms with Gasteiger partial charge in [-0.05, 0) is 38.6 Å². The normalized spacial score (nSPS) is 26.3. The van der Waals surface area contributed by atoms with Crippen LogP contribution < -0.4 is 5.32 Å². The van der Waals surface area contributed by atoms with Gasteiger partial charge in [0, 0.05) is 19.0 Å². The number of aryl methyl sites for hydroxylation is 1. The molecule has 4 heteroatoms. The van der Waals surface area contributed by atoms with Gasteiger partial charge in [-0.3, -0.25) is 4.68 Å². The predicted molar refractivity (Wildman–Crippen MR) is 68.8 cm³/mol. The number of hydrogen-bond acceptors (Lipinski definition) is 3. The standard InChI is InChI=1S/C13H24N4/c1-4-17-13(15-9-16-17)8-12(14-3)11-6-5-10(2)7-11/h9-12,14H,4-8H2,1-3H3. The zero-order valence-corrected chi connectivity index (χ0v) is 11.2. The minimum atomic E-state index is 0.550. The summed E-state index contributed by atoms with van der Waals surface area (Å²) in [6, 6.07) is 0.550. The van der Waals surface area contributed by atoms with Gasteiger partial charge >= 0.3 is 0 Å². The average Bonchev–Trinajstić information content (AvgIpc) is 2.94. The molecule has 3 atom stereocenters. The van der Waals surface area contributed by atoms with Gasteiger partial charge in [0.15, 0.2) is 0 Å². The minimum Gasteiger partial charge on any atom is -0.316 e. The summed E-state index contributed by atoms with van der Waals surface area (Å²) in [7, 11) is 2.07. The molecule has 0 saturated heterocycles. The van der Waals surface area contributed by atoms with E-state index < -0.39 is 0 Å². The summed E-state index contributed by atoms with van der Waals surface area (Å²) >= 11 is 0. The Bertz CT molecular complexity index is 347. The fourth-order valence-corrected chi connectivity index (χ4v) is 3.03. The van der Waals surface area contributed by atoms with E-state index in [0.717, 1.165) is 30.6 Å². The number of likely N-dealkylation sites (N-methyl/N-ethyl adjacent to an activating group) is 1. The number of nitrogens with one attached hydrogen (secondary N) is 1. The van der Waals surface area contributed by atoms with E-state index in [9.17, 15) is 0 Å². The average molecular weight is 236 g/mol. The first-order valence-corrected chi connectivity index (χ1v) is 6.78. The maximum Gasteiger partial charge on any atom is 0.138 e. The Kier molecular flexibility index (Phi) is 4.15. The van der Waals surface area contributed by atoms with Crippen LogP contribution in [0.3, 0.4) is 0 Å². The summed E-state index contributed by atoms with van der Waals surface area (Å²) in [4.78, 5) is 4.38. The summed E-state index contributed by atoms with van der Waals surface area (Å²) in [5.74, 6) is 2.81. The molecule has 0 bridgehead atoms. The van der Waals surface area contributed by atoms with Gasteiger partial charge in [-0.15, -0.1) is 0 Å². The minimum absolute atomic E-state index is 0.550. The lowest BCUT2D eigenvalue weighted by Gasteiger charge is -2.22. The Morgan fingerprint density at radius 3 is 2.94 bits per heavy atom. The second kappa shape index (κ2) is 5.63. The number of aromatic nitrogens is 3. The summed E-state index contributed by atoms with van der Waals surface area (Å²) < 4.78 is 2.00. The summed E-state index contributed by atoms with van der Waals surface area (Å²) in [5, 5.41) is 7.71. The summed E-state index contributed by atoms with van der Waals surface area (Å²) in [5.41, 5.74) is 0. The molecule has 1 saturated carbocycles. The molecule has 0 aliphatic heterocycles. The van der Waals surface area contributed by atoms with Crippen molar-refractivity contribution in [2.75, 3.05) is 7.05 Å². The molecular weight excluding hydrogens is 212 g/mol. The van der Waals surface area contributed by atoms with Crippen LogP contribution in [-0.2, 0) is 13.0 Å². The molecule has 3 unspecified atom stereocenters. The molecule has 2 rings (SSSR count). The molecule has 0 radical (unpaired) electrons. The molecule has 1 aliphatic carbocycles. The van der Waals surface area contributed by atoms with Crippen LogP contribution >= 0.6 is 0 Å². The van der Waals surface area contributed by atoms with Gasteiger partial charge in [-0.1, -0.05) is 13.3 Å². The highest BCUT2D eigenvalue weighted by Crippen LogP contribution is 2.33. The van der Waals surface area contributed by atoms with E-state index in [0.29, 0.717) is 6.04 Å². The lowest BCUT2D eigenvalue weighted by molar-refractivity contribution is 0.357. The van der Waals surface area contributed by atoms with Crippen LogP contribution in [0.2, 0.25) is 0 Å². The van der Waals surface area contributed by atoms with Crippen molar-refractivity contribution in [1.29, 1.82) is 0 Å². The largest absolute Gasteiger partial charge is 0.316 e. The molecular formula is C13H24N4. The molecule has 0 aromatic carbocycles. The summed E-state index contributed by atoms with van der Waals surface area (Å²) in [6.07, 6.45) is 6.76. The lowest BCUT2D eigenvalue weighted by Crippen LogP contribution is -2.35. The Labute approximate surface area is 104 Å². The molecule has 4 nitrogen and oxygen atoms in total. The number of rotatable bonds is 5. The Balaban J connectivity index is 2.00. The van der Waals surface area contributed by atoms with Crippen molar-refractivity contribution in [3.63, 3.8) is 0 Å². The third-order valence-corrected chi connectivity index (χ3v) is 4.07. The monoisotopic (exact) mass is 236 g/mol. The smallest absolute Gasteiger partial charge is 0.138 e. The van der Waals surface area contributed by atoms with Crippen molar-refractivity contribution in [2.24, 2.45) is 11.8 Å². The van der Waals surface area contributed by atoms with Crippen LogP contribution in [0, 0.1) is 11.8 Å². The first-order chi connectivity index (χ1) is 8.24.